The van der Waals surface area contributed by atoms with Crippen LogP contribution in [-0.2, 0) is 17.5 Å². The molecule has 7 nitrogen and oxygen atoms in total. The van der Waals surface area contributed by atoms with Crippen LogP contribution in [-0.4, -0.2) is 31.4 Å². The molecule has 10 heteroatoms. The summed E-state index contributed by atoms with van der Waals surface area (Å²) in [6, 6.07) is 6.48. The van der Waals surface area contributed by atoms with Gasteiger partial charge in [0.2, 0.25) is 5.91 Å². The summed E-state index contributed by atoms with van der Waals surface area (Å²) in [5.41, 5.74) is 1.21. The van der Waals surface area contributed by atoms with Crippen molar-refractivity contribution in [3.8, 4) is 0 Å². The first-order valence-corrected chi connectivity index (χ1v) is 8.05. The topological polar surface area (TPSA) is 92.7 Å². The minimum atomic E-state index is -4.65. The van der Waals surface area contributed by atoms with Crippen LogP contribution < -0.4 is 5.32 Å². The second-order valence-electron chi connectivity index (χ2n) is 6.02. The fourth-order valence-electron chi connectivity index (χ4n) is 2.75. The van der Waals surface area contributed by atoms with E-state index in [1.807, 2.05) is 0 Å². The summed E-state index contributed by atoms with van der Waals surface area (Å²) in [5, 5.41) is 8.48. The lowest BCUT2D eigenvalue weighted by Crippen LogP contribution is -2.30. The van der Waals surface area contributed by atoms with Gasteiger partial charge in [0.25, 0.3) is 5.82 Å². The Kier molecular flexibility index (Phi) is 4.73. The number of nitrogens with zero attached hydrogens (tertiary/aromatic N) is 3. The maximum Gasteiger partial charge on any atom is 0.453 e. The largest absolute Gasteiger partial charge is 0.453 e. The quantitative estimate of drug-likeness (QED) is 0.667. The molecule has 0 aliphatic rings. The molecule has 1 amide bonds. The molecule has 2 N–H and O–H groups in total. The van der Waals surface area contributed by atoms with Crippen LogP contribution in [0.15, 0.2) is 30.5 Å². The first-order valence-electron chi connectivity index (χ1n) is 8.05. The highest BCUT2D eigenvalue weighted by atomic mass is 19.4. The van der Waals surface area contributed by atoms with Gasteiger partial charge in [-0.2, -0.15) is 13.2 Å². The molecule has 1 aromatic carbocycles. The molecule has 2 heterocycles. The van der Waals surface area contributed by atoms with Crippen LogP contribution in [0.1, 0.15) is 41.9 Å². The van der Waals surface area contributed by atoms with Gasteiger partial charge in [-0.25, -0.2) is 4.98 Å². The van der Waals surface area contributed by atoms with Gasteiger partial charge in [-0.05, 0) is 19.9 Å². The second-order valence-corrected chi connectivity index (χ2v) is 6.02. The van der Waals surface area contributed by atoms with Crippen molar-refractivity contribution >= 4 is 22.6 Å². The van der Waals surface area contributed by atoms with E-state index >= 15 is 0 Å². The minimum Gasteiger partial charge on any atom is -0.347 e. The zero-order chi connectivity index (χ0) is 19.8. The molecule has 0 radical (unpaired) electrons. The Morgan fingerprint density at radius 2 is 2.00 bits per heavy atom. The predicted molar refractivity (Wildman–Crippen MR) is 89.9 cm³/mol. The molecule has 0 saturated carbocycles. The lowest BCUT2D eigenvalue weighted by atomic mass is 10.1. The van der Waals surface area contributed by atoms with Gasteiger partial charge in [0.15, 0.2) is 5.78 Å². The lowest BCUT2D eigenvalue weighted by molar-refractivity contribution is -0.144. The first-order chi connectivity index (χ1) is 12.7. The van der Waals surface area contributed by atoms with Crippen LogP contribution in [0.3, 0.4) is 0 Å². The van der Waals surface area contributed by atoms with E-state index in [9.17, 15) is 22.8 Å². The van der Waals surface area contributed by atoms with E-state index in [2.05, 4.69) is 20.5 Å². The number of halogens is 3. The highest BCUT2D eigenvalue weighted by molar-refractivity contribution is 6.07. The Hall–Kier alpha value is -3.17. The number of carbonyl (C=O) groups is 2. The van der Waals surface area contributed by atoms with Crippen LogP contribution in [0, 0.1) is 0 Å². The number of carbonyl (C=O) groups excluding carboxylic acids is 2. The summed E-state index contributed by atoms with van der Waals surface area (Å²) in [7, 11) is 0. The van der Waals surface area contributed by atoms with Gasteiger partial charge in [-0.3, -0.25) is 14.7 Å². The fourth-order valence-corrected chi connectivity index (χ4v) is 2.75. The van der Waals surface area contributed by atoms with Crippen molar-refractivity contribution in [2.75, 3.05) is 0 Å². The van der Waals surface area contributed by atoms with Crippen molar-refractivity contribution in [3.63, 3.8) is 0 Å². The normalized spacial score (nSPS) is 12.9. The number of H-pyrrole nitrogens is 1. The average Bonchev–Trinajstić information content (AvgIpc) is 3.23. The Balaban J connectivity index is 1.77. The third kappa shape index (κ3) is 3.69. The average molecular weight is 379 g/mol. The number of Topliss-reactive ketones (excluding diaryl/α,β-unsaturated/α-hetero) is 1. The predicted octanol–water partition coefficient (Wildman–Crippen LogP) is 2.86. The molecule has 142 valence electrons. The summed E-state index contributed by atoms with van der Waals surface area (Å²) in [6.07, 6.45) is -3.05. The number of amides is 1. The van der Waals surface area contributed by atoms with Gasteiger partial charge < -0.3 is 9.88 Å². The minimum absolute atomic E-state index is 0.107. The van der Waals surface area contributed by atoms with Gasteiger partial charge in [-0.1, -0.05) is 18.2 Å². The van der Waals surface area contributed by atoms with Gasteiger partial charge in [0, 0.05) is 22.7 Å². The van der Waals surface area contributed by atoms with Gasteiger partial charge in [0.1, 0.15) is 11.9 Å². The number of alkyl halides is 3. The molecule has 3 rings (SSSR count). The molecule has 0 spiro atoms. The zero-order valence-electron chi connectivity index (χ0n) is 14.5. The number of rotatable bonds is 5. The molecule has 0 unspecified atom stereocenters. The van der Waals surface area contributed by atoms with E-state index in [1.54, 1.807) is 42.0 Å². The monoisotopic (exact) mass is 379 g/mol. The van der Waals surface area contributed by atoms with E-state index in [0.29, 0.717) is 11.1 Å². The Bertz CT molecular complexity index is 1010. The number of nitrogens with one attached hydrogen (secondary N) is 2. The summed E-state index contributed by atoms with van der Waals surface area (Å²) in [6.45, 7) is 2.84. The van der Waals surface area contributed by atoms with Gasteiger partial charge in [-0.15, -0.1) is 5.10 Å². The van der Waals surface area contributed by atoms with Crippen LogP contribution in [0.5, 0.6) is 0 Å². The third-order valence-corrected chi connectivity index (χ3v) is 4.13. The standard InChI is InChI=1S/C17H16F3N5O2/c1-9(15(27)21-7-14-22-16(24-23-14)17(18,19)20)25-8-12(10(2)26)11-5-3-4-6-13(11)25/h3-6,8-9H,7H2,1-2H3,(H,21,27)(H,22,23,24)/t9-/m0/s1. The highest BCUT2D eigenvalue weighted by Gasteiger charge is 2.36. The molecular weight excluding hydrogens is 363 g/mol. The SMILES string of the molecule is CC(=O)c1cn([C@@H](C)C(=O)NCc2nc(C(F)(F)F)n[nH]2)c2ccccc12. The van der Waals surface area contributed by atoms with Crippen molar-refractivity contribution in [1.29, 1.82) is 0 Å². The summed E-state index contributed by atoms with van der Waals surface area (Å²) in [4.78, 5) is 27.6. The Morgan fingerprint density at radius 1 is 1.30 bits per heavy atom. The molecule has 0 aliphatic heterocycles. The van der Waals surface area contributed by atoms with E-state index in [0.717, 1.165) is 5.39 Å². The number of para-hydroxylation sites is 1. The molecule has 2 aromatic heterocycles. The maximum absolute atomic E-state index is 12.5. The maximum atomic E-state index is 12.5. The number of ketones is 1. The molecule has 0 bridgehead atoms. The first kappa shape index (κ1) is 18.6. The third-order valence-electron chi connectivity index (χ3n) is 4.13. The Morgan fingerprint density at radius 3 is 2.63 bits per heavy atom. The van der Waals surface area contributed by atoms with Crippen molar-refractivity contribution in [1.82, 2.24) is 25.1 Å². The van der Waals surface area contributed by atoms with Crippen molar-refractivity contribution < 1.29 is 22.8 Å². The van der Waals surface area contributed by atoms with E-state index in [-0.39, 0.29) is 18.2 Å². The lowest BCUT2D eigenvalue weighted by Gasteiger charge is -2.14. The van der Waals surface area contributed by atoms with Crippen molar-refractivity contribution in [3.05, 3.63) is 47.7 Å². The van der Waals surface area contributed by atoms with Crippen LogP contribution in [0.4, 0.5) is 13.2 Å². The summed E-state index contributed by atoms with van der Waals surface area (Å²) in [5.74, 6) is -1.96. The van der Waals surface area contributed by atoms with Crippen LogP contribution >= 0.6 is 0 Å². The number of hydrogen-bond donors (Lipinski definition) is 2. The molecule has 1 atom stereocenters. The molecular formula is C17H16F3N5O2. The Labute approximate surface area is 151 Å². The number of fused-ring (bicyclic) bond motifs is 1. The number of aromatic nitrogens is 4. The summed E-state index contributed by atoms with van der Waals surface area (Å²) >= 11 is 0. The highest BCUT2D eigenvalue weighted by Crippen LogP contribution is 2.26. The number of aromatic amines is 1. The van der Waals surface area contributed by atoms with Crippen molar-refractivity contribution in [2.45, 2.75) is 32.6 Å². The smallest absolute Gasteiger partial charge is 0.347 e. The van der Waals surface area contributed by atoms with E-state index in [1.165, 1.54) is 6.92 Å². The van der Waals surface area contributed by atoms with Gasteiger partial charge in [0.05, 0.1) is 6.54 Å². The van der Waals surface area contributed by atoms with Crippen molar-refractivity contribution in [2.24, 2.45) is 0 Å². The van der Waals surface area contributed by atoms with Crippen LogP contribution in [0.2, 0.25) is 0 Å². The molecule has 0 aliphatic carbocycles. The molecule has 27 heavy (non-hydrogen) atoms. The van der Waals surface area contributed by atoms with Gasteiger partial charge >= 0.3 is 6.18 Å². The number of hydrogen-bond acceptors (Lipinski definition) is 4. The number of benzene rings is 1. The molecule has 3 aromatic rings. The zero-order valence-corrected chi connectivity index (χ0v) is 14.5. The van der Waals surface area contributed by atoms with E-state index < -0.39 is 23.9 Å². The molecule has 0 saturated heterocycles. The van der Waals surface area contributed by atoms with Crippen LogP contribution in [0.25, 0.3) is 10.9 Å². The summed E-state index contributed by atoms with van der Waals surface area (Å²) < 4.78 is 39.2. The van der Waals surface area contributed by atoms with E-state index in [4.69, 9.17) is 0 Å². The molecule has 0 fully saturated rings. The second kappa shape index (κ2) is 6.86. The fraction of sp³-hybridized carbons (Fsp3) is 0.294.